The van der Waals surface area contributed by atoms with Gasteiger partial charge in [0.1, 0.15) is 0 Å². The highest BCUT2D eigenvalue weighted by molar-refractivity contribution is 7.98. The number of hydrogen-bond donors (Lipinski definition) is 0. The van der Waals surface area contributed by atoms with Gasteiger partial charge in [-0.1, -0.05) is 0 Å². The fourth-order valence-electron chi connectivity index (χ4n) is 0.329. The summed E-state index contributed by atoms with van der Waals surface area (Å²) >= 11 is 1.81. The van der Waals surface area contributed by atoms with Crippen molar-refractivity contribution in [2.75, 3.05) is 12.0 Å². The van der Waals surface area contributed by atoms with E-state index in [2.05, 4.69) is 31.9 Å². The Balaban J connectivity index is 3.48. The molecule has 0 aliphatic heterocycles. The Morgan fingerprint density at radius 2 is 2.25 bits per heavy atom. The summed E-state index contributed by atoms with van der Waals surface area (Å²) in [5, 5.41) is 0. The largest absolute Gasteiger partial charge is 0.161 e. The number of thioether (sulfide) groups is 1. The monoisotopic (exact) mass is 128 g/mol. The minimum Gasteiger partial charge on any atom is -0.161 e. The Morgan fingerprint density at radius 1 is 1.62 bits per heavy atom. The zero-order valence-electron chi connectivity index (χ0n) is 5.69. The zero-order valence-corrected chi connectivity index (χ0v) is 6.51. The summed E-state index contributed by atoms with van der Waals surface area (Å²) in [5.41, 5.74) is 4.37. The van der Waals surface area contributed by atoms with Crippen LogP contribution in [-0.2, 0) is 0 Å². The molecule has 0 aromatic rings. The van der Waals surface area contributed by atoms with E-state index < -0.39 is 0 Å². The first-order valence-corrected chi connectivity index (χ1v) is 4.04. The first kappa shape index (κ1) is 7.87. The Labute approximate surface area is 55.7 Å². The molecule has 0 spiro atoms. The lowest BCUT2D eigenvalue weighted by Crippen LogP contribution is -1.62. The molecule has 0 amide bonds. The van der Waals surface area contributed by atoms with Gasteiger partial charge < -0.3 is 0 Å². The third-order valence-corrected chi connectivity index (χ3v) is 1.14. The van der Waals surface area contributed by atoms with Gasteiger partial charge in [0.2, 0.25) is 0 Å². The number of hydrogen-bond acceptors (Lipinski definition) is 1. The summed E-state index contributed by atoms with van der Waals surface area (Å²) in [4.78, 5) is 0. The van der Waals surface area contributed by atoms with Crippen LogP contribution in [0.25, 0.3) is 0 Å². The van der Waals surface area contributed by atoms with Crippen LogP contribution in [-0.4, -0.2) is 12.0 Å². The maximum Gasteiger partial charge on any atom is 0.0186 e. The molecule has 0 aliphatic rings. The molecule has 1 heteroatoms. The molecule has 0 radical (unpaired) electrons. The highest BCUT2D eigenvalue weighted by atomic mass is 32.2. The standard InChI is InChI=1S/C7H12S/c1-7(2)5-4-6-8-3/h4H,6H2,1-3H3. The van der Waals surface area contributed by atoms with E-state index in [-0.39, 0.29) is 0 Å². The molecule has 0 bridgehead atoms. The third-order valence-electron chi connectivity index (χ3n) is 0.641. The van der Waals surface area contributed by atoms with Crippen molar-refractivity contribution >= 4 is 11.8 Å². The molecule has 0 N–H and O–H groups in total. The molecule has 0 rings (SSSR count). The Bertz CT molecular complexity index is 104. The molecule has 0 heterocycles. The average molecular weight is 128 g/mol. The van der Waals surface area contributed by atoms with Crippen LogP contribution in [0.2, 0.25) is 0 Å². The van der Waals surface area contributed by atoms with Crippen molar-refractivity contribution in [3.8, 4) is 0 Å². The maximum absolute atomic E-state index is 3.12. The van der Waals surface area contributed by atoms with E-state index in [4.69, 9.17) is 0 Å². The molecule has 46 valence electrons. The first-order valence-electron chi connectivity index (χ1n) is 2.64. The van der Waals surface area contributed by atoms with E-state index in [1.54, 1.807) is 0 Å². The summed E-state index contributed by atoms with van der Waals surface area (Å²) in [7, 11) is 0. The molecule has 0 aromatic carbocycles. The van der Waals surface area contributed by atoms with Crippen LogP contribution in [0.15, 0.2) is 17.4 Å². The first-order chi connectivity index (χ1) is 3.77. The van der Waals surface area contributed by atoms with Gasteiger partial charge in [0, 0.05) is 5.75 Å². The Hall–Kier alpha value is -0.130. The third kappa shape index (κ3) is 5.87. The van der Waals surface area contributed by atoms with Gasteiger partial charge in [-0.15, -0.1) is 5.73 Å². The summed E-state index contributed by atoms with van der Waals surface area (Å²) in [5.74, 6) is 1.07. The van der Waals surface area contributed by atoms with Crippen molar-refractivity contribution < 1.29 is 0 Å². The van der Waals surface area contributed by atoms with Crippen molar-refractivity contribution in [3.63, 3.8) is 0 Å². The van der Waals surface area contributed by atoms with Crippen molar-refractivity contribution in [1.82, 2.24) is 0 Å². The van der Waals surface area contributed by atoms with Gasteiger partial charge in [0.05, 0.1) is 0 Å². The molecule has 8 heavy (non-hydrogen) atoms. The molecule has 0 unspecified atom stereocenters. The van der Waals surface area contributed by atoms with Crippen molar-refractivity contribution in [2.24, 2.45) is 0 Å². The fourth-order valence-corrected chi connectivity index (χ4v) is 0.579. The second kappa shape index (κ2) is 5.02. The second-order valence-corrected chi connectivity index (χ2v) is 2.71. The van der Waals surface area contributed by atoms with Crippen LogP contribution in [0.4, 0.5) is 0 Å². The molecule has 0 nitrogen and oxygen atoms in total. The van der Waals surface area contributed by atoms with E-state index in [0.717, 1.165) is 5.75 Å². The predicted molar refractivity (Wildman–Crippen MR) is 41.3 cm³/mol. The number of rotatable bonds is 2. The summed E-state index contributed by atoms with van der Waals surface area (Å²) in [6.07, 6.45) is 4.14. The van der Waals surface area contributed by atoms with Gasteiger partial charge in [0.25, 0.3) is 0 Å². The SMILES string of the molecule is CSCC=C=C(C)C. The van der Waals surface area contributed by atoms with Crippen molar-refractivity contribution in [2.45, 2.75) is 13.8 Å². The summed E-state index contributed by atoms with van der Waals surface area (Å²) in [6.45, 7) is 4.10. The molecule has 0 atom stereocenters. The van der Waals surface area contributed by atoms with Gasteiger partial charge in [-0.25, -0.2) is 0 Å². The maximum atomic E-state index is 3.12. The predicted octanol–water partition coefficient (Wildman–Crippen LogP) is 2.47. The summed E-state index contributed by atoms with van der Waals surface area (Å²) in [6, 6.07) is 0. The van der Waals surface area contributed by atoms with Crippen LogP contribution in [0.5, 0.6) is 0 Å². The molecular weight excluding hydrogens is 116 g/mol. The van der Waals surface area contributed by atoms with Gasteiger partial charge in [-0.3, -0.25) is 0 Å². The minimum atomic E-state index is 1.07. The minimum absolute atomic E-state index is 1.07. The van der Waals surface area contributed by atoms with Crippen molar-refractivity contribution in [3.05, 3.63) is 17.4 Å². The highest BCUT2D eigenvalue weighted by Crippen LogP contribution is 1.91. The highest BCUT2D eigenvalue weighted by Gasteiger charge is 1.69. The molecule has 0 saturated carbocycles. The fraction of sp³-hybridized carbons (Fsp3) is 0.571. The van der Waals surface area contributed by atoms with Crippen LogP contribution in [0, 0.1) is 0 Å². The van der Waals surface area contributed by atoms with E-state index in [1.165, 1.54) is 5.57 Å². The van der Waals surface area contributed by atoms with Gasteiger partial charge in [-0.05, 0) is 31.8 Å². The Kier molecular flexibility index (Phi) is 4.93. The van der Waals surface area contributed by atoms with Crippen LogP contribution in [0.1, 0.15) is 13.8 Å². The van der Waals surface area contributed by atoms with E-state index >= 15 is 0 Å². The van der Waals surface area contributed by atoms with E-state index in [1.807, 2.05) is 11.8 Å². The molecule has 0 aromatic heterocycles. The van der Waals surface area contributed by atoms with E-state index in [9.17, 15) is 0 Å². The smallest absolute Gasteiger partial charge is 0.0186 e. The quantitative estimate of drug-likeness (QED) is 0.515. The van der Waals surface area contributed by atoms with Gasteiger partial charge in [0.15, 0.2) is 0 Å². The lowest BCUT2D eigenvalue weighted by Gasteiger charge is -1.79. The molecule has 0 aliphatic carbocycles. The molecular formula is C7H12S. The zero-order chi connectivity index (χ0) is 6.41. The second-order valence-electron chi connectivity index (χ2n) is 1.80. The molecule has 0 fully saturated rings. The van der Waals surface area contributed by atoms with Crippen molar-refractivity contribution in [1.29, 1.82) is 0 Å². The van der Waals surface area contributed by atoms with Gasteiger partial charge in [-0.2, -0.15) is 11.8 Å². The van der Waals surface area contributed by atoms with E-state index in [0.29, 0.717) is 0 Å². The van der Waals surface area contributed by atoms with Crippen LogP contribution in [0.3, 0.4) is 0 Å². The lowest BCUT2D eigenvalue weighted by molar-refractivity contribution is 1.40. The van der Waals surface area contributed by atoms with Crippen LogP contribution >= 0.6 is 11.8 Å². The Morgan fingerprint density at radius 3 is 2.62 bits per heavy atom. The lowest BCUT2D eigenvalue weighted by atomic mass is 10.4. The van der Waals surface area contributed by atoms with Gasteiger partial charge >= 0.3 is 0 Å². The molecule has 0 saturated heterocycles. The topological polar surface area (TPSA) is 0 Å². The van der Waals surface area contributed by atoms with Crippen LogP contribution < -0.4 is 0 Å². The summed E-state index contributed by atoms with van der Waals surface area (Å²) < 4.78 is 0. The average Bonchev–Trinajstić information content (AvgIpc) is 1.66. The normalized spacial score (nSPS) is 7.88.